The number of ether oxygens (including phenoxy) is 3. The molecular formula is C14H29NO5S. The topological polar surface area (TPSA) is 73.9 Å². The highest BCUT2D eigenvalue weighted by atomic mass is 32.2. The van der Waals surface area contributed by atoms with Crippen LogP contribution in [-0.2, 0) is 24.0 Å². The Bertz CT molecular complexity index is 343. The van der Waals surface area contributed by atoms with E-state index >= 15 is 0 Å². The van der Waals surface area contributed by atoms with Crippen LogP contribution in [0.3, 0.4) is 0 Å². The first-order valence-electron chi connectivity index (χ1n) is 7.78. The minimum absolute atomic E-state index is 0.101. The van der Waals surface area contributed by atoms with Crippen molar-refractivity contribution in [2.75, 3.05) is 64.2 Å². The molecule has 0 aromatic heterocycles. The summed E-state index contributed by atoms with van der Waals surface area (Å²) in [6.45, 7) is 6.84. The fourth-order valence-electron chi connectivity index (χ4n) is 1.88. The molecule has 21 heavy (non-hydrogen) atoms. The summed E-state index contributed by atoms with van der Waals surface area (Å²) in [6, 6.07) is 0. The lowest BCUT2D eigenvalue weighted by Crippen LogP contribution is -2.46. The van der Waals surface area contributed by atoms with Crippen LogP contribution in [0.2, 0.25) is 0 Å². The van der Waals surface area contributed by atoms with Crippen LogP contribution in [0.15, 0.2) is 0 Å². The number of hydrogen-bond acceptors (Lipinski definition) is 6. The molecule has 6 nitrogen and oxygen atoms in total. The fourth-order valence-corrected chi connectivity index (χ4v) is 3.38. The first-order chi connectivity index (χ1) is 10.1. The summed E-state index contributed by atoms with van der Waals surface area (Å²) in [5, 5.41) is 3.07. The summed E-state index contributed by atoms with van der Waals surface area (Å²) in [7, 11) is -2.98. The summed E-state index contributed by atoms with van der Waals surface area (Å²) in [4.78, 5) is 0. The van der Waals surface area contributed by atoms with Gasteiger partial charge in [0.1, 0.15) is 0 Å². The minimum Gasteiger partial charge on any atom is -0.379 e. The van der Waals surface area contributed by atoms with Crippen LogP contribution in [-0.4, -0.2) is 72.7 Å². The van der Waals surface area contributed by atoms with Crippen molar-refractivity contribution in [1.82, 2.24) is 5.32 Å². The predicted octanol–water partition coefficient (Wildman–Crippen LogP) is 0.471. The van der Waals surface area contributed by atoms with Crippen molar-refractivity contribution < 1.29 is 22.6 Å². The molecule has 0 spiro atoms. The van der Waals surface area contributed by atoms with Crippen LogP contribution in [0.1, 0.15) is 19.8 Å². The Morgan fingerprint density at radius 3 is 2.05 bits per heavy atom. The monoisotopic (exact) mass is 323 g/mol. The summed E-state index contributed by atoms with van der Waals surface area (Å²) in [5.41, 5.74) is 0. The highest BCUT2D eigenvalue weighted by Crippen LogP contribution is 2.07. The molecule has 126 valence electrons. The lowest BCUT2D eigenvalue weighted by atomic mass is 10.1. The maximum absolute atomic E-state index is 11.7. The van der Waals surface area contributed by atoms with E-state index in [-0.39, 0.29) is 24.0 Å². The van der Waals surface area contributed by atoms with E-state index in [1.807, 2.05) is 0 Å². The predicted molar refractivity (Wildman–Crippen MR) is 82.4 cm³/mol. The van der Waals surface area contributed by atoms with Crippen LogP contribution in [0.5, 0.6) is 0 Å². The zero-order valence-corrected chi connectivity index (χ0v) is 13.8. The molecule has 7 heteroatoms. The molecule has 0 aromatic rings. The van der Waals surface area contributed by atoms with Gasteiger partial charge in [0.15, 0.2) is 9.84 Å². The smallest absolute Gasteiger partial charge is 0.152 e. The molecule has 1 N–H and O–H groups in total. The molecule has 1 fully saturated rings. The van der Waals surface area contributed by atoms with E-state index in [9.17, 15) is 8.42 Å². The third-order valence-corrected chi connectivity index (χ3v) is 5.05. The fraction of sp³-hybridized carbons (Fsp3) is 1.00. The third-order valence-electron chi connectivity index (χ3n) is 3.28. The minimum atomic E-state index is -2.98. The van der Waals surface area contributed by atoms with Gasteiger partial charge < -0.3 is 19.5 Å². The SMILES string of the molecule is CCCCOCCOCCOCCS(=O)(=O)CC1CNC1. The van der Waals surface area contributed by atoms with Crippen molar-refractivity contribution in [3.63, 3.8) is 0 Å². The van der Waals surface area contributed by atoms with Gasteiger partial charge in [-0.3, -0.25) is 0 Å². The highest BCUT2D eigenvalue weighted by Gasteiger charge is 2.23. The maximum Gasteiger partial charge on any atom is 0.152 e. The van der Waals surface area contributed by atoms with Gasteiger partial charge in [0.2, 0.25) is 0 Å². The molecule has 0 aromatic carbocycles. The van der Waals surface area contributed by atoms with Crippen molar-refractivity contribution in [3.8, 4) is 0 Å². The van der Waals surface area contributed by atoms with Crippen LogP contribution in [0.25, 0.3) is 0 Å². The van der Waals surface area contributed by atoms with Gasteiger partial charge in [0.25, 0.3) is 0 Å². The summed E-state index contributed by atoms with van der Waals surface area (Å²) < 4.78 is 39.4. The van der Waals surface area contributed by atoms with Crippen molar-refractivity contribution >= 4 is 9.84 Å². The van der Waals surface area contributed by atoms with Gasteiger partial charge in [0.05, 0.1) is 44.5 Å². The van der Waals surface area contributed by atoms with Crippen molar-refractivity contribution in [2.45, 2.75) is 19.8 Å². The Labute approximate surface area is 128 Å². The Morgan fingerprint density at radius 2 is 1.52 bits per heavy atom. The second-order valence-electron chi connectivity index (χ2n) is 5.33. The van der Waals surface area contributed by atoms with E-state index in [0.29, 0.717) is 26.4 Å². The average Bonchev–Trinajstić information content (AvgIpc) is 2.40. The Morgan fingerprint density at radius 1 is 0.952 bits per heavy atom. The Hall–Kier alpha value is -0.210. The van der Waals surface area contributed by atoms with E-state index in [0.717, 1.165) is 32.5 Å². The van der Waals surface area contributed by atoms with Gasteiger partial charge in [-0.15, -0.1) is 0 Å². The van der Waals surface area contributed by atoms with Gasteiger partial charge in [-0.05, 0) is 12.3 Å². The second kappa shape index (κ2) is 11.4. The second-order valence-corrected chi connectivity index (χ2v) is 7.56. The van der Waals surface area contributed by atoms with Gasteiger partial charge >= 0.3 is 0 Å². The zero-order valence-electron chi connectivity index (χ0n) is 13.0. The van der Waals surface area contributed by atoms with Crippen LogP contribution in [0, 0.1) is 5.92 Å². The lowest BCUT2D eigenvalue weighted by Gasteiger charge is -2.26. The van der Waals surface area contributed by atoms with Crippen molar-refractivity contribution in [1.29, 1.82) is 0 Å². The van der Waals surface area contributed by atoms with Crippen molar-refractivity contribution in [2.24, 2.45) is 5.92 Å². The van der Waals surface area contributed by atoms with E-state index in [4.69, 9.17) is 14.2 Å². The Balaban J connectivity index is 1.83. The maximum atomic E-state index is 11.7. The number of hydrogen-bond donors (Lipinski definition) is 1. The van der Waals surface area contributed by atoms with E-state index in [2.05, 4.69) is 12.2 Å². The molecule has 0 aliphatic carbocycles. The molecule has 0 amide bonds. The van der Waals surface area contributed by atoms with Gasteiger partial charge in [0, 0.05) is 19.7 Å². The molecular weight excluding hydrogens is 294 g/mol. The van der Waals surface area contributed by atoms with Crippen LogP contribution >= 0.6 is 0 Å². The summed E-state index contributed by atoms with van der Waals surface area (Å²) in [6.07, 6.45) is 2.21. The highest BCUT2D eigenvalue weighted by molar-refractivity contribution is 7.91. The van der Waals surface area contributed by atoms with Crippen molar-refractivity contribution in [3.05, 3.63) is 0 Å². The summed E-state index contributed by atoms with van der Waals surface area (Å²) in [5.74, 6) is 0.657. The molecule has 0 radical (unpaired) electrons. The van der Waals surface area contributed by atoms with E-state index in [1.165, 1.54) is 0 Å². The van der Waals surface area contributed by atoms with Gasteiger partial charge in [-0.1, -0.05) is 13.3 Å². The van der Waals surface area contributed by atoms with Gasteiger partial charge in [-0.2, -0.15) is 0 Å². The molecule has 0 bridgehead atoms. The molecule has 1 aliphatic rings. The largest absolute Gasteiger partial charge is 0.379 e. The molecule has 1 saturated heterocycles. The standard InChI is InChI=1S/C14H29NO5S/c1-2-3-4-18-5-6-19-7-8-20-9-10-21(16,17)13-14-11-15-12-14/h14-15H,2-13H2,1H3. The molecule has 1 rings (SSSR count). The number of unbranched alkanes of at least 4 members (excludes halogenated alkanes) is 1. The van der Waals surface area contributed by atoms with Crippen LogP contribution < -0.4 is 5.32 Å². The molecule has 0 atom stereocenters. The summed E-state index contributed by atoms with van der Waals surface area (Å²) >= 11 is 0. The number of rotatable bonds is 14. The number of nitrogens with one attached hydrogen (secondary N) is 1. The molecule has 0 unspecified atom stereocenters. The molecule has 0 saturated carbocycles. The normalized spacial score (nSPS) is 16.0. The first kappa shape index (κ1) is 18.8. The molecule has 1 heterocycles. The lowest BCUT2D eigenvalue weighted by molar-refractivity contribution is 0.0167. The van der Waals surface area contributed by atoms with E-state index < -0.39 is 9.84 Å². The third kappa shape index (κ3) is 10.2. The van der Waals surface area contributed by atoms with E-state index in [1.54, 1.807) is 0 Å². The quantitative estimate of drug-likeness (QED) is 0.469. The Kier molecular flexibility index (Phi) is 10.2. The van der Waals surface area contributed by atoms with Gasteiger partial charge in [-0.25, -0.2) is 8.42 Å². The average molecular weight is 323 g/mol. The first-order valence-corrected chi connectivity index (χ1v) is 9.60. The van der Waals surface area contributed by atoms with Crippen LogP contribution in [0.4, 0.5) is 0 Å². The molecule has 1 aliphatic heterocycles. The number of sulfone groups is 1. The zero-order chi connectivity index (χ0) is 15.4.